The largest absolute Gasteiger partial charge is 0.617 e. The smallest absolute Gasteiger partial charge is 0.325 e. The third kappa shape index (κ3) is 4.73. The molecule has 1 amide bonds. The second-order valence-electron chi connectivity index (χ2n) is 6.34. The summed E-state index contributed by atoms with van der Waals surface area (Å²) >= 11 is 1.83. The zero-order valence-electron chi connectivity index (χ0n) is 16.1. The van der Waals surface area contributed by atoms with Gasteiger partial charge in [-0.3, -0.25) is 9.59 Å². The van der Waals surface area contributed by atoms with Crippen LogP contribution in [0.4, 0.5) is 0 Å². The highest BCUT2D eigenvalue weighted by atomic mass is 127. The van der Waals surface area contributed by atoms with Crippen molar-refractivity contribution in [3.05, 3.63) is 63.1 Å². The molecule has 1 heterocycles. The summed E-state index contributed by atoms with van der Waals surface area (Å²) in [6, 6.07) is 14.0. The van der Waals surface area contributed by atoms with Crippen LogP contribution in [0.15, 0.2) is 48.5 Å². The number of hydrogen-bond donors (Lipinski definition) is 2. The van der Waals surface area contributed by atoms with Gasteiger partial charge in [-0.25, -0.2) is 0 Å². The molecule has 0 aliphatic carbocycles. The van der Waals surface area contributed by atoms with E-state index in [2.05, 4.69) is 10.1 Å². The molecule has 0 fully saturated rings. The zero-order chi connectivity index (χ0) is 21.7. The molecule has 3 aromatic rings. The standard InChI is InChI=1S/C21H19IN2O6/c1-29-17(25)8-5-11-23-21(27)18-19(26)15-10-9-14(12-16(15)20(22)24(18)28)30-13-6-3-2-4-7-13/h2-4,6-7,9-10,12,26H,5,8,11H2,1H3,(H,23,27). The van der Waals surface area contributed by atoms with Crippen molar-refractivity contribution in [2.45, 2.75) is 12.8 Å². The second kappa shape index (κ2) is 9.61. The first-order chi connectivity index (χ1) is 14.4. The summed E-state index contributed by atoms with van der Waals surface area (Å²) in [4.78, 5) is 23.6. The third-order valence-corrected chi connectivity index (χ3v) is 5.36. The van der Waals surface area contributed by atoms with Crippen molar-refractivity contribution in [2.24, 2.45) is 0 Å². The number of amides is 1. The predicted octanol–water partition coefficient (Wildman–Crippen LogP) is 3.26. The maximum atomic E-state index is 12.7. The average Bonchev–Trinajstić information content (AvgIpc) is 2.75. The van der Waals surface area contributed by atoms with Crippen molar-refractivity contribution in [3.8, 4) is 17.2 Å². The number of fused-ring (bicyclic) bond motifs is 1. The topological polar surface area (TPSA) is 112 Å². The van der Waals surface area contributed by atoms with E-state index in [1.165, 1.54) is 7.11 Å². The summed E-state index contributed by atoms with van der Waals surface area (Å²) in [5.41, 5.74) is -0.401. The molecule has 0 spiro atoms. The van der Waals surface area contributed by atoms with E-state index in [0.29, 0.717) is 33.4 Å². The molecule has 0 aliphatic heterocycles. The Morgan fingerprint density at radius 2 is 1.87 bits per heavy atom. The van der Waals surface area contributed by atoms with Gasteiger partial charge in [0.2, 0.25) is 5.75 Å². The van der Waals surface area contributed by atoms with E-state index in [4.69, 9.17) is 4.74 Å². The molecular formula is C21H19IN2O6. The SMILES string of the molecule is COC(=O)CCCNC(=O)c1c(O)c2ccc(Oc3ccccc3)cc2c(I)[n+]1[O-]. The number of hydrogen-bond acceptors (Lipinski definition) is 6. The number of methoxy groups -OCH3 is 1. The number of halogens is 1. The van der Waals surface area contributed by atoms with Gasteiger partial charge in [0.25, 0.3) is 3.70 Å². The molecule has 0 atom stereocenters. The van der Waals surface area contributed by atoms with Crippen LogP contribution in [-0.2, 0) is 9.53 Å². The molecule has 8 nitrogen and oxygen atoms in total. The molecule has 156 valence electrons. The molecule has 0 bridgehead atoms. The minimum absolute atomic E-state index is 0.138. The molecule has 0 saturated heterocycles. The molecule has 9 heteroatoms. The van der Waals surface area contributed by atoms with Crippen LogP contribution in [0.3, 0.4) is 0 Å². The van der Waals surface area contributed by atoms with Crippen LogP contribution < -0.4 is 14.8 Å². The zero-order valence-corrected chi connectivity index (χ0v) is 18.2. The minimum Gasteiger partial charge on any atom is -0.617 e. The van der Waals surface area contributed by atoms with E-state index in [1.807, 2.05) is 40.8 Å². The number of aromatic nitrogens is 1. The molecule has 0 saturated carbocycles. The summed E-state index contributed by atoms with van der Waals surface area (Å²) < 4.78 is 10.9. The van der Waals surface area contributed by atoms with E-state index in [9.17, 15) is 19.9 Å². The molecular weight excluding hydrogens is 503 g/mol. The van der Waals surface area contributed by atoms with Crippen LogP contribution in [0.1, 0.15) is 23.3 Å². The van der Waals surface area contributed by atoms with E-state index in [-0.39, 0.29) is 22.6 Å². The van der Waals surface area contributed by atoms with Gasteiger partial charge in [0.15, 0.2) is 0 Å². The number of rotatable bonds is 7. The normalized spacial score (nSPS) is 10.6. The van der Waals surface area contributed by atoms with E-state index in [0.717, 1.165) is 0 Å². The molecule has 0 unspecified atom stereocenters. The number of aromatic hydroxyl groups is 1. The maximum absolute atomic E-state index is 12.7. The van der Waals surface area contributed by atoms with Crippen molar-refractivity contribution >= 4 is 45.2 Å². The fourth-order valence-electron chi connectivity index (χ4n) is 2.84. The average molecular weight is 522 g/mol. The Hall–Kier alpha value is -3.08. The van der Waals surface area contributed by atoms with Gasteiger partial charge in [0, 0.05) is 40.9 Å². The fraction of sp³-hybridized carbons (Fsp3) is 0.190. The lowest BCUT2D eigenvalue weighted by Gasteiger charge is -2.13. The van der Waals surface area contributed by atoms with Crippen LogP contribution in [0, 0.1) is 8.91 Å². The van der Waals surface area contributed by atoms with E-state index < -0.39 is 17.4 Å². The van der Waals surface area contributed by atoms with Gasteiger partial charge in [0.1, 0.15) is 11.5 Å². The van der Waals surface area contributed by atoms with Crippen molar-refractivity contribution < 1.29 is 28.9 Å². The molecule has 30 heavy (non-hydrogen) atoms. The van der Waals surface area contributed by atoms with Crippen molar-refractivity contribution in [3.63, 3.8) is 0 Å². The van der Waals surface area contributed by atoms with E-state index >= 15 is 0 Å². The number of benzene rings is 2. The number of nitrogens with one attached hydrogen (secondary N) is 1. The van der Waals surface area contributed by atoms with Crippen molar-refractivity contribution in [2.75, 3.05) is 13.7 Å². The third-order valence-electron chi connectivity index (χ3n) is 4.34. The highest BCUT2D eigenvalue weighted by Crippen LogP contribution is 2.33. The van der Waals surface area contributed by atoms with E-state index in [1.54, 1.807) is 30.3 Å². The lowest BCUT2D eigenvalue weighted by molar-refractivity contribution is -0.620. The Balaban J connectivity index is 1.85. The fourth-order valence-corrected chi connectivity index (χ4v) is 3.53. The van der Waals surface area contributed by atoms with Crippen molar-refractivity contribution in [1.29, 1.82) is 0 Å². The Labute approximate surface area is 186 Å². The van der Waals surface area contributed by atoms with Gasteiger partial charge < -0.3 is 25.1 Å². The van der Waals surface area contributed by atoms with Gasteiger partial charge in [-0.1, -0.05) is 18.2 Å². The molecule has 2 N–H and O–H groups in total. The minimum atomic E-state index is -0.725. The number of carbonyl (C=O) groups excluding carboxylic acids is 2. The maximum Gasteiger partial charge on any atom is 0.325 e. The van der Waals surface area contributed by atoms with Crippen LogP contribution in [0.2, 0.25) is 0 Å². The van der Waals surface area contributed by atoms with Gasteiger partial charge in [0.05, 0.1) is 12.5 Å². The van der Waals surface area contributed by atoms with Gasteiger partial charge in [-0.2, -0.15) is 4.73 Å². The van der Waals surface area contributed by atoms with Crippen molar-refractivity contribution in [1.82, 2.24) is 5.32 Å². The van der Waals surface area contributed by atoms with Gasteiger partial charge >= 0.3 is 17.6 Å². The summed E-state index contributed by atoms with van der Waals surface area (Å²) in [7, 11) is 1.28. The molecule has 0 aliphatic rings. The number of ether oxygens (including phenoxy) is 2. The number of para-hydroxylation sites is 1. The van der Waals surface area contributed by atoms with Crippen LogP contribution in [-0.4, -0.2) is 30.6 Å². The number of nitrogens with zero attached hydrogens (tertiary/aromatic N) is 1. The van der Waals surface area contributed by atoms with Crippen LogP contribution in [0.5, 0.6) is 17.2 Å². The highest BCUT2D eigenvalue weighted by Gasteiger charge is 2.28. The second-order valence-corrected chi connectivity index (χ2v) is 7.36. The first kappa shape index (κ1) is 21.6. The Morgan fingerprint density at radius 1 is 1.13 bits per heavy atom. The number of carbonyl (C=O) groups is 2. The lowest BCUT2D eigenvalue weighted by Crippen LogP contribution is -2.42. The number of esters is 1. The summed E-state index contributed by atoms with van der Waals surface area (Å²) in [5.74, 6) is -0.409. The Bertz CT molecular complexity index is 1090. The summed E-state index contributed by atoms with van der Waals surface area (Å²) in [6.07, 6.45) is 0.489. The number of pyridine rings is 1. The van der Waals surface area contributed by atoms with Crippen LogP contribution >= 0.6 is 22.6 Å². The first-order valence-electron chi connectivity index (χ1n) is 9.08. The molecule has 1 aromatic heterocycles. The lowest BCUT2D eigenvalue weighted by atomic mass is 10.1. The molecule has 0 radical (unpaired) electrons. The molecule has 3 rings (SSSR count). The first-order valence-corrected chi connectivity index (χ1v) is 10.2. The van der Waals surface area contributed by atoms with Gasteiger partial charge in [-0.05, 0) is 36.8 Å². The monoisotopic (exact) mass is 522 g/mol. The van der Waals surface area contributed by atoms with Gasteiger partial charge in [-0.15, -0.1) is 0 Å². The summed E-state index contributed by atoms with van der Waals surface area (Å²) in [5, 5.41) is 26.6. The summed E-state index contributed by atoms with van der Waals surface area (Å²) in [6.45, 7) is 0.159. The predicted molar refractivity (Wildman–Crippen MR) is 117 cm³/mol. The Kier molecular flexibility index (Phi) is 6.93. The van der Waals surface area contributed by atoms with Crippen LogP contribution in [0.25, 0.3) is 10.8 Å². The quantitative estimate of drug-likeness (QED) is 0.123. The highest BCUT2D eigenvalue weighted by molar-refractivity contribution is 14.1. The Morgan fingerprint density at radius 3 is 2.57 bits per heavy atom. The molecule has 2 aromatic carbocycles.